The van der Waals surface area contributed by atoms with E-state index >= 15 is 0 Å². The first-order valence-electron chi connectivity index (χ1n) is 7.06. The third kappa shape index (κ3) is 3.58. The molecule has 0 aliphatic carbocycles. The number of ether oxygens (including phenoxy) is 1. The fraction of sp³-hybridized carbons (Fsp3) is 0.533. The number of piperidine rings is 1. The van der Waals surface area contributed by atoms with Crippen LogP contribution in [0.1, 0.15) is 30.1 Å². The summed E-state index contributed by atoms with van der Waals surface area (Å²) in [4.78, 5) is 24.2. The zero-order chi connectivity index (χ0) is 15.4. The fourth-order valence-electron chi connectivity index (χ4n) is 2.76. The summed E-state index contributed by atoms with van der Waals surface area (Å²) in [7, 11) is 1.71. The van der Waals surface area contributed by atoms with E-state index in [1.165, 1.54) is 13.0 Å². The van der Waals surface area contributed by atoms with E-state index in [1.54, 1.807) is 19.2 Å². The largest absolute Gasteiger partial charge is 0.384 e. The highest BCUT2D eigenvalue weighted by Gasteiger charge is 2.23. The summed E-state index contributed by atoms with van der Waals surface area (Å²) in [5.41, 5.74) is 0.929. The third-order valence-electron chi connectivity index (χ3n) is 3.94. The second-order valence-corrected chi connectivity index (χ2v) is 5.40. The highest BCUT2D eigenvalue weighted by atomic mass is 16.6. The Morgan fingerprint density at radius 1 is 1.43 bits per heavy atom. The summed E-state index contributed by atoms with van der Waals surface area (Å²) in [6.45, 7) is 3.89. The fourth-order valence-corrected chi connectivity index (χ4v) is 2.76. The Labute approximate surface area is 123 Å². The SMILES string of the molecule is COCC1CCN(c2ccc([N+](=O)[O-])c(C(C)=O)c2)CC1. The summed E-state index contributed by atoms with van der Waals surface area (Å²) in [6, 6.07) is 4.78. The molecule has 0 atom stereocenters. The van der Waals surface area contributed by atoms with Gasteiger partial charge in [-0.2, -0.15) is 0 Å². The van der Waals surface area contributed by atoms with E-state index in [1.807, 2.05) is 0 Å². The maximum atomic E-state index is 11.6. The minimum absolute atomic E-state index is 0.125. The molecule has 21 heavy (non-hydrogen) atoms. The van der Waals surface area contributed by atoms with Crippen LogP contribution in [0.2, 0.25) is 0 Å². The van der Waals surface area contributed by atoms with E-state index in [0.29, 0.717) is 5.92 Å². The van der Waals surface area contributed by atoms with Gasteiger partial charge in [-0.1, -0.05) is 0 Å². The van der Waals surface area contributed by atoms with Crippen LogP contribution in [0.25, 0.3) is 0 Å². The molecule has 0 amide bonds. The highest BCUT2D eigenvalue weighted by Crippen LogP contribution is 2.28. The van der Waals surface area contributed by atoms with Crippen LogP contribution in [0.4, 0.5) is 11.4 Å². The molecule has 1 saturated heterocycles. The second-order valence-electron chi connectivity index (χ2n) is 5.40. The van der Waals surface area contributed by atoms with Gasteiger partial charge in [0.25, 0.3) is 5.69 Å². The topological polar surface area (TPSA) is 72.7 Å². The standard InChI is InChI=1S/C15H20N2O4/c1-11(18)14-9-13(3-4-15(14)17(19)20)16-7-5-12(6-8-16)10-21-2/h3-4,9,12H,5-8,10H2,1-2H3. The van der Waals surface area contributed by atoms with Crippen molar-refractivity contribution in [2.24, 2.45) is 5.92 Å². The van der Waals surface area contributed by atoms with Crippen molar-refractivity contribution in [2.45, 2.75) is 19.8 Å². The number of benzene rings is 1. The van der Waals surface area contributed by atoms with Crippen molar-refractivity contribution in [1.82, 2.24) is 0 Å². The molecule has 0 aromatic heterocycles. The number of Topliss-reactive ketones (excluding diaryl/α,β-unsaturated/α-hetero) is 1. The Morgan fingerprint density at radius 2 is 2.10 bits per heavy atom. The van der Waals surface area contributed by atoms with Gasteiger partial charge in [-0.25, -0.2) is 0 Å². The molecule has 0 spiro atoms. The Kier molecular flexibility index (Phi) is 4.90. The number of nitrogens with zero attached hydrogens (tertiary/aromatic N) is 2. The number of hydrogen-bond donors (Lipinski definition) is 0. The molecule has 1 aromatic carbocycles. The first-order valence-corrected chi connectivity index (χ1v) is 7.06. The number of carbonyl (C=O) groups is 1. The quantitative estimate of drug-likeness (QED) is 0.474. The van der Waals surface area contributed by atoms with Crippen molar-refractivity contribution in [1.29, 1.82) is 0 Å². The minimum atomic E-state index is -0.509. The summed E-state index contributed by atoms with van der Waals surface area (Å²) in [5, 5.41) is 11.0. The number of anilines is 1. The van der Waals surface area contributed by atoms with E-state index < -0.39 is 4.92 Å². The number of nitro groups is 1. The average Bonchev–Trinajstić information content (AvgIpc) is 2.47. The molecule has 0 unspecified atom stereocenters. The summed E-state index contributed by atoms with van der Waals surface area (Å²) in [6.07, 6.45) is 2.06. The van der Waals surface area contributed by atoms with E-state index in [2.05, 4.69) is 4.90 Å². The lowest BCUT2D eigenvalue weighted by Crippen LogP contribution is -2.35. The minimum Gasteiger partial charge on any atom is -0.384 e. The summed E-state index contributed by atoms with van der Waals surface area (Å²) < 4.78 is 5.18. The number of ketones is 1. The van der Waals surface area contributed by atoms with Gasteiger partial charge < -0.3 is 9.64 Å². The zero-order valence-electron chi connectivity index (χ0n) is 12.4. The second kappa shape index (κ2) is 6.67. The molecule has 0 N–H and O–H groups in total. The summed E-state index contributed by atoms with van der Waals surface area (Å²) in [5.74, 6) is 0.286. The van der Waals surface area contributed by atoms with Crippen LogP contribution < -0.4 is 4.90 Å². The average molecular weight is 292 g/mol. The molecule has 1 aliphatic heterocycles. The van der Waals surface area contributed by atoms with Crippen LogP contribution in [0.5, 0.6) is 0 Å². The molecule has 1 heterocycles. The molecule has 1 aliphatic rings. The molecule has 2 rings (SSSR count). The van der Waals surface area contributed by atoms with E-state index in [-0.39, 0.29) is 17.0 Å². The van der Waals surface area contributed by atoms with Crippen molar-refractivity contribution < 1.29 is 14.5 Å². The number of rotatable bonds is 5. The van der Waals surface area contributed by atoms with Crippen molar-refractivity contribution in [3.8, 4) is 0 Å². The van der Waals surface area contributed by atoms with Crippen LogP contribution in [-0.4, -0.2) is 37.5 Å². The van der Waals surface area contributed by atoms with Crippen LogP contribution in [0.15, 0.2) is 18.2 Å². The maximum absolute atomic E-state index is 11.6. The van der Waals surface area contributed by atoms with E-state index in [9.17, 15) is 14.9 Å². The normalized spacial score (nSPS) is 16.0. The van der Waals surface area contributed by atoms with Crippen molar-refractivity contribution in [2.75, 3.05) is 31.7 Å². The van der Waals surface area contributed by atoms with Crippen molar-refractivity contribution in [3.63, 3.8) is 0 Å². The van der Waals surface area contributed by atoms with E-state index in [0.717, 1.165) is 38.2 Å². The van der Waals surface area contributed by atoms with Gasteiger partial charge in [0.15, 0.2) is 5.78 Å². The number of nitro benzene ring substituents is 1. The Balaban J connectivity index is 2.16. The predicted molar refractivity (Wildman–Crippen MR) is 79.9 cm³/mol. The molecule has 0 saturated carbocycles. The zero-order valence-corrected chi connectivity index (χ0v) is 12.4. The van der Waals surface area contributed by atoms with Crippen molar-refractivity contribution >= 4 is 17.2 Å². The van der Waals surface area contributed by atoms with Gasteiger partial charge in [0.05, 0.1) is 10.5 Å². The van der Waals surface area contributed by atoms with E-state index in [4.69, 9.17) is 4.74 Å². The number of methoxy groups -OCH3 is 1. The molecule has 0 bridgehead atoms. The number of hydrogen-bond acceptors (Lipinski definition) is 5. The third-order valence-corrected chi connectivity index (χ3v) is 3.94. The van der Waals surface area contributed by atoms with Gasteiger partial charge in [0, 0.05) is 38.6 Å². The molecule has 1 aromatic rings. The molecule has 1 fully saturated rings. The molecular weight excluding hydrogens is 272 g/mol. The lowest BCUT2D eigenvalue weighted by atomic mass is 9.97. The first-order chi connectivity index (χ1) is 10.0. The van der Waals surface area contributed by atoms with Crippen LogP contribution in [0.3, 0.4) is 0 Å². The lowest BCUT2D eigenvalue weighted by Gasteiger charge is -2.33. The number of carbonyl (C=O) groups excluding carboxylic acids is 1. The maximum Gasteiger partial charge on any atom is 0.280 e. The molecule has 6 nitrogen and oxygen atoms in total. The molecular formula is C15H20N2O4. The smallest absolute Gasteiger partial charge is 0.280 e. The van der Waals surface area contributed by atoms with Gasteiger partial charge in [0.1, 0.15) is 0 Å². The van der Waals surface area contributed by atoms with Gasteiger partial charge in [-0.05, 0) is 37.8 Å². The van der Waals surface area contributed by atoms with Gasteiger partial charge in [-0.3, -0.25) is 14.9 Å². The summed E-state index contributed by atoms with van der Waals surface area (Å²) >= 11 is 0. The predicted octanol–water partition coefficient (Wildman–Crippen LogP) is 2.66. The van der Waals surface area contributed by atoms with Crippen molar-refractivity contribution in [3.05, 3.63) is 33.9 Å². The lowest BCUT2D eigenvalue weighted by molar-refractivity contribution is -0.385. The molecule has 114 valence electrons. The van der Waals surface area contributed by atoms with Crippen LogP contribution in [0, 0.1) is 16.0 Å². The Bertz CT molecular complexity index is 536. The Hall–Kier alpha value is -1.95. The first kappa shape index (κ1) is 15.4. The highest BCUT2D eigenvalue weighted by molar-refractivity contribution is 5.99. The Morgan fingerprint density at radius 3 is 2.62 bits per heavy atom. The van der Waals surface area contributed by atoms with Crippen LogP contribution in [-0.2, 0) is 4.74 Å². The van der Waals surface area contributed by atoms with Gasteiger partial charge >= 0.3 is 0 Å². The van der Waals surface area contributed by atoms with Gasteiger partial charge in [-0.15, -0.1) is 0 Å². The van der Waals surface area contributed by atoms with Crippen LogP contribution >= 0.6 is 0 Å². The monoisotopic (exact) mass is 292 g/mol. The molecule has 6 heteroatoms. The molecule has 0 radical (unpaired) electrons. The van der Waals surface area contributed by atoms with Gasteiger partial charge in [0.2, 0.25) is 0 Å².